The van der Waals surface area contributed by atoms with Crippen LogP contribution in [0.1, 0.15) is 57.1 Å². The van der Waals surface area contributed by atoms with Crippen LogP contribution in [0.4, 0.5) is 0 Å². The molecule has 0 amide bonds. The summed E-state index contributed by atoms with van der Waals surface area (Å²) in [6.45, 7) is 2.83. The number of nitrogens with one attached hydrogen (secondary N) is 1. The number of hydrazine groups is 1. The van der Waals surface area contributed by atoms with E-state index in [4.69, 9.17) is 10.6 Å². The molecule has 0 radical (unpaired) electrons. The number of hydrogen-bond donors (Lipinski definition) is 2. The van der Waals surface area contributed by atoms with Crippen molar-refractivity contribution in [3.05, 3.63) is 24.0 Å². The molecular weight excluding hydrogens is 238 g/mol. The third-order valence-electron chi connectivity index (χ3n) is 3.85. The van der Waals surface area contributed by atoms with E-state index in [0.717, 1.165) is 36.7 Å². The summed E-state index contributed by atoms with van der Waals surface area (Å²) in [7, 11) is 0. The van der Waals surface area contributed by atoms with Crippen LogP contribution in [0.2, 0.25) is 0 Å². The number of nitrogens with two attached hydrogens (primary N) is 1. The second-order valence-corrected chi connectivity index (χ2v) is 5.41. The van der Waals surface area contributed by atoms with Gasteiger partial charge in [0.25, 0.3) is 0 Å². The van der Waals surface area contributed by atoms with Gasteiger partial charge in [0.15, 0.2) is 0 Å². The SMILES string of the molecule is CCCOc1cncc(C(CC2CCCC2)NN)c1. The van der Waals surface area contributed by atoms with Gasteiger partial charge in [-0.15, -0.1) is 0 Å². The van der Waals surface area contributed by atoms with Crippen molar-refractivity contribution >= 4 is 0 Å². The highest BCUT2D eigenvalue weighted by atomic mass is 16.5. The summed E-state index contributed by atoms with van der Waals surface area (Å²) < 4.78 is 5.63. The molecule has 1 aromatic heterocycles. The normalized spacial score (nSPS) is 17.6. The van der Waals surface area contributed by atoms with Gasteiger partial charge in [0.05, 0.1) is 12.8 Å². The van der Waals surface area contributed by atoms with Crippen molar-refractivity contribution < 1.29 is 4.74 Å². The predicted molar refractivity (Wildman–Crippen MR) is 76.7 cm³/mol. The van der Waals surface area contributed by atoms with Crippen LogP contribution in [0.5, 0.6) is 5.75 Å². The second-order valence-electron chi connectivity index (χ2n) is 5.41. The molecule has 1 aromatic rings. The number of aromatic nitrogens is 1. The summed E-state index contributed by atoms with van der Waals surface area (Å²) >= 11 is 0. The summed E-state index contributed by atoms with van der Waals surface area (Å²) in [5.41, 5.74) is 4.06. The minimum atomic E-state index is 0.181. The van der Waals surface area contributed by atoms with Crippen molar-refractivity contribution in [2.75, 3.05) is 6.61 Å². The Labute approximate surface area is 115 Å². The van der Waals surface area contributed by atoms with Gasteiger partial charge in [-0.05, 0) is 30.4 Å². The van der Waals surface area contributed by atoms with E-state index in [2.05, 4.69) is 23.4 Å². The lowest BCUT2D eigenvalue weighted by atomic mass is 9.95. The Bertz CT molecular complexity index is 377. The van der Waals surface area contributed by atoms with E-state index in [1.165, 1.54) is 25.7 Å². The molecule has 4 nitrogen and oxygen atoms in total. The molecule has 19 heavy (non-hydrogen) atoms. The Morgan fingerprint density at radius 3 is 2.89 bits per heavy atom. The van der Waals surface area contributed by atoms with Crippen LogP contribution < -0.4 is 16.0 Å². The molecule has 1 atom stereocenters. The minimum Gasteiger partial charge on any atom is -0.492 e. The van der Waals surface area contributed by atoms with E-state index in [9.17, 15) is 0 Å². The van der Waals surface area contributed by atoms with Crippen molar-refractivity contribution in [3.8, 4) is 5.75 Å². The van der Waals surface area contributed by atoms with Gasteiger partial charge in [-0.1, -0.05) is 32.6 Å². The molecule has 0 bridgehead atoms. The van der Waals surface area contributed by atoms with Crippen LogP contribution >= 0.6 is 0 Å². The first-order valence-electron chi connectivity index (χ1n) is 7.37. The maximum atomic E-state index is 5.71. The van der Waals surface area contributed by atoms with Gasteiger partial charge in [-0.3, -0.25) is 16.3 Å². The third-order valence-corrected chi connectivity index (χ3v) is 3.85. The molecule has 3 N–H and O–H groups in total. The molecule has 1 saturated carbocycles. The zero-order valence-electron chi connectivity index (χ0n) is 11.8. The Kier molecular flexibility index (Phi) is 5.61. The standard InChI is InChI=1S/C15H25N3O/c1-2-7-19-14-9-13(10-17-11-14)15(18-16)8-12-5-3-4-6-12/h9-12,15,18H,2-8,16H2,1H3. The topological polar surface area (TPSA) is 60.2 Å². The minimum absolute atomic E-state index is 0.181. The summed E-state index contributed by atoms with van der Waals surface area (Å²) in [6.07, 6.45) is 11.1. The molecular formula is C15H25N3O. The molecule has 1 unspecified atom stereocenters. The number of nitrogens with zero attached hydrogens (tertiary/aromatic N) is 1. The summed E-state index contributed by atoms with van der Waals surface area (Å²) in [5.74, 6) is 7.35. The van der Waals surface area contributed by atoms with Crippen molar-refractivity contribution in [2.24, 2.45) is 11.8 Å². The second kappa shape index (κ2) is 7.46. The first kappa shape index (κ1) is 14.3. The molecule has 2 rings (SSSR count). The molecule has 0 spiro atoms. The van der Waals surface area contributed by atoms with Gasteiger partial charge in [-0.2, -0.15) is 0 Å². The van der Waals surface area contributed by atoms with E-state index < -0.39 is 0 Å². The van der Waals surface area contributed by atoms with Gasteiger partial charge in [-0.25, -0.2) is 0 Å². The molecule has 1 aliphatic rings. The van der Waals surface area contributed by atoms with Gasteiger partial charge in [0.2, 0.25) is 0 Å². The van der Waals surface area contributed by atoms with E-state index in [-0.39, 0.29) is 6.04 Å². The van der Waals surface area contributed by atoms with Crippen LogP contribution in [0, 0.1) is 5.92 Å². The summed E-state index contributed by atoms with van der Waals surface area (Å²) in [4.78, 5) is 4.26. The number of pyridine rings is 1. The van der Waals surface area contributed by atoms with E-state index >= 15 is 0 Å². The Hall–Kier alpha value is -1.13. The highest BCUT2D eigenvalue weighted by molar-refractivity contribution is 5.26. The van der Waals surface area contributed by atoms with Gasteiger partial charge < -0.3 is 4.74 Å². The monoisotopic (exact) mass is 263 g/mol. The molecule has 0 saturated heterocycles. The lowest BCUT2D eigenvalue weighted by Crippen LogP contribution is -2.29. The smallest absolute Gasteiger partial charge is 0.137 e. The predicted octanol–water partition coefficient (Wildman–Crippen LogP) is 2.96. The molecule has 106 valence electrons. The average Bonchev–Trinajstić information content (AvgIpc) is 2.96. The lowest BCUT2D eigenvalue weighted by molar-refractivity contribution is 0.314. The number of hydrogen-bond acceptors (Lipinski definition) is 4. The fourth-order valence-corrected chi connectivity index (χ4v) is 2.80. The number of rotatable bonds is 7. The van der Waals surface area contributed by atoms with E-state index in [1.54, 1.807) is 6.20 Å². The Morgan fingerprint density at radius 2 is 2.21 bits per heavy atom. The number of ether oxygens (including phenoxy) is 1. The van der Waals surface area contributed by atoms with Crippen molar-refractivity contribution in [2.45, 2.75) is 51.5 Å². The van der Waals surface area contributed by atoms with Crippen LogP contribution in [-0.2, 0) is 0 Å². The van der Waals surface area contributed by atoms with Gasteiger partial charge in [0, 0.05) is 12.2 Å². The van der Waals surface area contributed by atoms with Crippen LogP contribution in [0.25, 0.3) is 0 Å². The molecule has 1 heterocycles. The third kappa shape index (κ3) is 4.18. The van der Waals surface area contributed by atoms with Crippen LogP contribution in [0.3, 0.4) is 0 Å². The fourth-order valence-electron chi connectivity index (χ4n) is 2.80. The van der Waals surface area contributed by atoms with E-state index in [1.807, 2.05) is 6.20 Å². The van der Waals surface area contributed by atoms with E-state index in [0.29, 0.717) is 0 Å². The highest BCUT2D eigenvalue weighted by Crippen LogP contribution is 2.33. The fraction of sp³-hybridized carbons (Fsp3) is 0.667. The first-order chi connectivity index (χ1) is 9.33. The molecule has 1 fully saturated rings. The zero-order valence-corrected chi connectivity index (χ0v) is 11.8. The largest absolute Gasteiger partial charge is 0.492 e. The van der Waals surface area contributed by atoms with Gasteiger partial charge >= 0.3 is 0 Å². The van der Waals surface area contributed by atoms with Crippen LogP contribution in [-0.4, -0.2) is 11.6 Å². The Balaban J connectivity index is 2.00. The first-order valence-corrected chi connectivity index (χ1v) is 7.37. The maximum Gasteiger partial charge on any atom is 0.137 e. The van der Waals surface area contributed by atoms with Gasteiger partial charge in [0.1, 0.15) is 5.75 Å². The van der Waals surface area contributed by atoms with Crippen molar-refractivity contribution in [1.29, 1.82) is 0 Å². The molecule has 0 aliphatic heterocycles. The summed E-state index contributed by atoms with van der Waals surface area (Å²) in [6, 6.07) is 2.24. The molecule has 4 heteroatoms. The highest BCUT2D eigenvalue weighted by Gasteiger charge is 2.21. The maximum absolute atomic E-state index is 5.71. The zero-order chi connectivity index (χ0) is 13.5. The van der Waals surface area contributed by atoms with Crippen molar-refractivity contribution in [3.63, 3.8) is 0 Å². The quantitative estimate of drug-likeness (QED) is 0.586. The van der Waals surface area contributed by atoms with Crippen LogP contribution in [0.15, 0.2) is 18.5 Å². The Morgan fingerprint density at radius 1 is 1.42 bits per heavy atom. The average molecular weight is 263 g/mol. The molecule has 1 aliphatic carbocycles. The lowest BCUT2D eigenvalue weighted by Gasteiger charge is -2.20. The molecule has 0 aromatic carbocycles. The summed E-state index contributed by atoms with van der Waals surface area (Å²) in [5, 5.41) is 0. The van der Waals surface area contributed by atoms with Crippen molar-refractivity contribution in [1.82, 2.24) is 10.4 Å².